The lowest BCUT2D eigenvalue weighted by Crippen LogP contribution is -2.52. The van der Waals surface area contributed by atoms with Crippen molar-refractivity contribution in [3.63, 3.8) is 0 Å². The van der Waals surface area contributed by atoms with E-state index in [2.05, 4.69) is 10.1 Å². The van der Waals surface area contributed by atoms with Gasteiger partial charge in [0.25, 0.3) is 0 Å². The Hall–Kier alpha value is -1.70. The Morgan fingerprint density at radius 2 is 2.04 bits per heavy atom. The number of hydrogen-bond acceptors (Lipinski definition) is 6. The predicted molar refractivity (Wildman–Crippen MR) is 77.1 cm³/mol. The zero-order valence-corrected chi connectivity index (χ0v) is 12.8. The van der Waals surface area contributed by atoms with E-state index in [0.717, 1.165) is 19.3 Å². The summed E-state index contributed by atoms with van der Waals surface area (Å²) in [6.07, 6.45) is 4.02. The van der Waals surface area contributed by atoms with Crippen LogP contribution in [0, 0.1) is 5.41 Å². The highest BCUT2D eigenvalue weighted by molar-refractivity contribution is 5.81. The number of nitrogens with zero attached hydrogens (tertiary/aromatic N) is 3. The number of carboxylic acids is 1. The summed E-state index contributed by atoms with van der Waals surface area (Å²) in [7, 11) is 0. The standard InChI is InChI=1S/C15H20FN3O4/c16-15(12(20)21)9-19(8-14(15)4-6-22-7-5-14)13-17-11(18-23-13)10-2-1-3-10/h10H,1-9H2,(H,20,21). The summed E-state index contributed by atoms with van der Waals surface area (Å²) in [6, 6.07) is 0.235. The maximum atomic E-state index is 15.4. The molecule has 1 aromatic rings. The Labute approximate surface area is 132 Å². The third kappa shape index (κ3) is 2.14. The third-order valence-electron chi connectivity index (χ3n) is 5.70. The van der Waals surface area contributed by atoms with Crippen molar-refractivity contribution in [3.8, 4) is 0 Å². The van der Waals surface area contributed by atoms with Crippen LogP contribution < -0.4 is 4.90 Å². The molecule has 3 aliphatic rings. The summed E-state index contributed by atoms with van der Waals surface area (Å²) >= 11 is 0. The highest BCUT2D eigenvalue weighted by Gasteiger charge is 2.64. The van der Waals surface area contributed by atoms with Crippen molar-refractivity contribution < 1.29 is 23.6 Å². The van der Waals surface area contributed by atoms with Gasteiger partial charge in [-0.1, -0.05) is 11.6 Å². The summed E-state index contributed by atoms with van der Waals surface area (Å²) in [5, 5.41) is 13.5. The summed E-state index contributed by atoms with van der Waals surface area (Å²) in [5.74, 6) is -0.443. The Bertz CT molecular complexity index is 612. The molecule has 23 heavy (non-hydrogen) atoms. The van der Waals surface area contributed by atoms with Gasteiger partial charge in [0.1, 0.15) is 0 Å². The molecule has 1 aromatic heterocycles. The van der Waals surface area contributed by atoms with Crippen LogP contribution in [0.1, 0.15) is 43.8 Å². The van der Waals surface area contributed by atoms with Gasteiger partial charge in [-0.25, -0.2) is 9.18 Å². The Kier molecular flexibility index (Phi) is 3.33. The molecule has 8 heteroatoms. The SMILES string of the molecule is O=C(O)C1(F)CN(c2nc(C3CCC3)no2)CC12CCOCC2. The zero-order valence-electron chi connectivity index (χ0n) is 12.8. The molecule has 4 rings (SSSR count). The summed E-state index contributed by atoms with van der Waals surface area (Å²) < 4.78 is 26.0. The van der Waals surface area contributed by atoms with E-state index in [1.54, 1.807) is 4.90 Å². The minimum absolute atomic E-state index is 0.235. The zero-order chi connectivity index (χ0) is 16.1. The molecule has 3 heterocycles. The van der Waals surface area contributed by atoms with Crippen molar-refractivity contribution in [3.05, 3.63) is 5.82 Å². The van der Waals surface area contributed by atoms with Gasteiger partial charge >= 0.3 is 12.0 Å². The van der Waals surface area contributed by atoms with Gasteiger partial charge in [0, 0.05) is 31.1 Å². The summed E-state index contributed by atoms with van der Waals surface area (Å²) in [4.78, 5) is 17.6. The van der Waals surface area contributed by atoms with Crippen molar-refractivity contribution in [2.45, 2.75) is 43.7 Å². The van der Waals surface area contributed by atoms with Gasteiger partial charge in [-0.05, 0) is 25.7 Å². The average Bonchev–Trinajstić information content (AvgIpc) is 3.04. The van der Waals surface area contributed by atoms with E-state index in [0.29, 0.717) is 37.8 Å². The molecule has 3 fully saturated rings. The molecule has 1 N–H and O–H groups in total. The van der Waals surface area contributed by atoms with Crippen LogP contribution in [0.15, 0.2) is 4.52 Å². The molecule has 1 atom stereocenters. The number of anilines is 1. The number of alkyl halides is 1. The second-order valence-electron chi connectivity index (χ2n) is 6.92. The number of hydrogen-bond donors (Lipinski definition) is 1. The molecular formula is C15H20FN3O4. The van der Waals surface area contributed by atoms with Crippen LogP contribution in [0.5, 0.6) is 0 Å². The van der Waals surface area contributed by atoms with E-state index >= 15 is 4.39 Å². The van der Waals surface area contributed by atoms with Crippen molar-refractivity contribution in [1.29, 1.82) is 0 Å². The van der Waals surface area contributed by atoms with E-state index in [1.807, 2.05) is 0 Å². The van der Waals surface area contributed by atoms with Crippen LogP contribution in [0.4, 0.5) is 10.4 Å². The van der Waals surface area contributed by atoms with Crippen LogP contribution in [-0.4, -0.2) is 53.2 Å². The average molecular weight is 325 g/mol. The first-order valence-corrected chi connectivity index (χ1v) is 8.13. The monoisotopic (exact) mass is 325 g/mol. The molecule has 2 aliphatic heterocycles. The Morgan fingerprint density at radius 1 is 1.30 bits per heavy atom. The van der Waals surface area contributed by atoms with E-state index in [-0.39, 0.29) is 19.1 Å². The Balaban J connectivity index is 1.61. The first kappa shape index (κ1) is 14.9. The number of aliphatic carboxylic acids is 1. The van der Waals surface area contributed by atoms with Crippen LogP contribution in [0.2, 0.25) is 0 Å². The van der Waals surface area contributed by atoms with Crippen LogP contribution in [0.25, 0.3) is 0 Å². The molecule has 126 valence electrons. The van der Waals surface area contributed by atoms with Crippen LogP contribution in [-0.2, 0) is 9.53 Å². The van der Waals surface area contributed by atoms with Gasteiger partial charge in [0.15, 0.2) is 5.82 Å². The topological polar surface area (TPSA) is 88.7 Å². The lowest BCUT2D eigenvalue weighted by molar-refractivity contribution is -0.162. The first-order chi connectivity index (χ1) is 11.0. The third-order valence-corrected chi connectivity index (χ3v) is 5.70. The Morgan fingerprint density at radius 3 is 2.65 bits per heavy atom. The molecule has 2 saturated heterocycles. The first-order valence-electron chi connectivity index (χ1n) is 8.13. The largest absolute Gasteiger partial charge is 0.479 e. The summed E-state index contributed by atoms with van der Waals surface area (Å²) in [5.41, 5.74) is -3.27. The van der Waals surface area contributed by atoms with Gasteiger partial charge in [0.05, 0.1) is 6.54 Å². The molecule has 1 aliphatic carbocycles. The van der Waals surface area contributed by atoms with E-state index in [9.17, 15) is 9.90 Å². The quantitative estimate of drug-likeness (QED) is 0.905. The molecule has 1 unspecified atom stereocenters. The van der Waals surface area contributed by atoms with Gasteiger partial charge < -0.3 is 19.3 Å². The minimum atomic E-state index is -2.32. The normalized spacial score (nSPS) is 30.6. The van der Waals surface area contributed by atoms with E-state index in [4.69, 9.17) is 9.26 Å². The van der Waals surface area contributed by atoms with E-state index in [1.165, 1.54) is 0 Å². The number of rotatable bonds is 3. The maximum absolute atomic E-state index is 15.4. The van der Waals surface area contributed by atoms with Gasteiger partial charge in [-0.3, -0.25) is 0 Å². The lowest BCUT2D eigenvalue weighted by atomic mass is 9.70. The number of aromatic nitrogens is 2. The van der Waals surface area contributed by atoms with Gasteiger partial charge in [0.2, 0.25) is 5.67 Å². The number of ether oxygens (including phenoxy) is 1. The number of carboxylic acid groups (broad SMARTS) is 1. The molecule has 0 amide bonds. The van der Waals surface area contributed by atoms with Crippen molar-refractivity contribution in [2.75, 3.05) is 31.2 Å². The fourth-order valence-electron chi connectivity index (χ4n) is 3.91. The molecule has 0 aromatic carbocycles. The summed E-state index contributed by atoms with van der Waals surface area (Å²) in [6.45, 7) is 0.772. The molecular weight excluding hydrogens is 305 g/mol. The van der Waals surface area contributed by atoms with Crippen molar-refractivity contribution >= 4 is 12.0 Å². The van der Waals surface area contributed by atoms with Crippen LogP contribution in [0.3, 0.4) is 0 Å². The highest BCUT2D eigenvalue weighted by atomic mass is 19.1. The second-order valence-corrected chi connectivity index (χ2v) is 6.92. The second kappa shape index (κ2) is 5.15. The van der Waals surface area contributed by atoms with Crippen LogP contribution >= 0.6 is 0 Å². The lowest BCUT2D eigenvalue weighted by Gasteiger charge is -2.39. The van der Waals surface area contributed by atoms with Crippen molar-refractivity contribution in [1.82, 2.24) is 10.1 Å². The van der Waals surface area contributed by atoms with Gasteiger partial charge in [-0.15, -0.1) is 0 Å². The maximum Gasteiger partial charge on any atom is 0.344 e. The molecule has 1 saturated carbocycles. The molecule has 7 nitrogen and oxygen atoms in total. The van der Waals surface area contributed by atoms with Gasteiger partial charge in [-0.2, -0.15) is 4.98 Å². The molecule has 1 spiro atoms. The predicted octanol–water partition coefficient (Wildman–Crippen LogP) is 1.75. The smallest absolute Gasteiger partial charge is 0.344 e. The number of halogens is 1. The molecule has 0 radical (unpaired) electrons. The highest BCUT2D eigenvalue weighted by Crippen LogP contribution is 2.50. The number of carbonyl (C=O) groups is 1. The fraction of sp³-hybridized carbons (Fsp3) is 0.800. The van der Waals surface area contributed by atoms with Crippen molar-refractivity contribution in [2.24, 2.45) is 5.41 Å². The van der Waals surface area contributed by atoms with E-state index < -0.39 is 17.1 Å². The minimum Gasteiger partial charge on any atom is -0.479 e. The fourth-order valence-corrected chi connectivity index (χ4v) is 3.91. The molecule has 0 bridgehead atoms.